The van der Waals surface area contributed by atoms with Crippen LogP contribution in [0, 0.1) is 0 Å². The van der Waals surface area contributed by atoms with Crippen molar-refractivity contribution in [1.82, 2.24) is 0 Å². The van der Waals surface area contributed by atoms with Crippen LogP contribution in [0.25, 0.3) is 0 Å². The van der Waals surface area contributed by atoms with Crippen LogP contribution in [-0.4, -0.2) is 6.29 Å². The van der Waals surface area contributed by atoms with Crippen molar-refractivity contribution in [2.75, 3.05) is 0 Å². The van der Waals surface area contributed by atoms with Crippen molar-refractivity contribution in [1.29, 1.82) is 0 Å². The van der Waals surface area contributed by atoms with E-state index in [2.05, 4.69) is 6.92 Å². The van der Waals surface area contributed by atoms with Crippen LogP contribution in [-0.2, 0) is 6.42 Å². The Morgan fingerprint density at radius 1 is 1.11 bits per heavy atom. The van der Waals surface area contributed by atoms with Gasteiger partial charge in [0.1, 0.15) is 17.8 Å². The average Bonchev–Trinajstić information content (AvgIpc) is 2.47. The van der Waals surface area contributed by atoms with Crippen molar-refractivity contribution >= 4 is 6.29 Å². The number of hydrogen-bond acceptors (Lipinski definition) is 2. The first kappa shape index (κ1) is 13.3. The lowest BCUT2D eigenvalue weighted by atomic mass is 10.1. The maximum Gasteiger partial charge on any atom is 0.150 e. The molecule has 0 heterocycles. The predicted octanol–water partition coefficient (Wildman–Crippen LogP) is 4.63. The summed E-state index contributed by atoms with van der Waals surface area (Å²) in [6.45, 7) is 2.16. The van der Waals surface area contributed by atoms with Gasteiger partial charge in [-0.05, 0) is 36.6 Å². The van der Waals surface area contributed by atoms with E-state index in [1.165, 1.54) is 0 Å². The summed E-state index contributed by atoms with van der Waals surface area (Å²) in [7, 11) is 0. The van der Waals surface area contributed by atoms with E-state index in [1.807, 2.05) is 48.5 Å². The molecule has 2 heteroatoms. The maximum absolute atomic E-state index is 10.9. The molecule has 2 aromatic rings. The standard InChI is InChI=1S/C17H18O2/c1-2-3-7-15-11-10-14(13-18)12-17(15)19-16-8-5-4-6-9-16/h4-6,8-13H,2-3,7H2,1H3. The van der Waals surface area contributed by atoms with Gasteiger partial charge in [0.25, 0.3) is 0 Å². The molecule has 0 spiro atoms. The molecule has 0 fully saturated rings. The van der Waals surface area contributed by atoms with Gasteiger partial charge < -0.3 is 4.74 Å². The molecule has 2 aromatic carbocycles. The van der Waals surface area contributed by atoms with E-state index in [0.29, 0.717) is 5.56 Å². The Hall–Kier alpha value is -2.09. The van der Waals surface area contributed by atoms with Gasteiger partial charge in [0.2, 0.25) is 0 Å². The second-order valence-electron chi connectivity index (χ2n) is 4.50. The molecular formula is C17H18O2. The SMILES string of the molecule is CCCCc1ccc(C=O)cc1Oc1ccccc1. The predicted molar refractivity (Wildman–Crippen MR) is 77.0 cm³/mol. The molecule has 0 amide bonds. The van der Waals surface area contributed by atoms with E-state index in [1.54, 1.807) is 0 Å². The number of carbonyl (C=O) groups is 1. The molecule has 0 saturated heterocycles. The van der Waals surface area contributed by atoms with Crippen LogP contribution >= 0.6 is 0 Å². The number of unbranched alkanes of at least 4 members (excludes halogenated alkanes) is 1. The topological polar surface area (TPSA) is 26.3 Å². The number of ether oxygens (including phenoxy) is 1. The molecule has 0 unspecified atom stereocenters. The first-order chi connectivity index (χ1) is 9.33. The van der Waals surface area contributed by atoms with Crippen molar-refractivity contribution in [3.63, 3.8) is 0 Å². The van der Waals surface area contributed by atoms with E-state index in [4.69, 9.17) is 4.74 Å². The molecule has 0 radical (unpaired) electrons. The first-order valence-electron chi connectivity index (χ1n) is 6.64. The second-order valence-corrected chi connectivity index (χ2v) is 4.50. The lowest BCUT2D eigenvalue weighted by molar-refractivity contribution is 0.112. The Morgan fingerprint density at radius 3 is 2.58 bits per heavy atom. The lowest BCUT2D eigenvalue weighted by Crippen LogP contribution is -1.94. The Bertz CT molecular complexity index is 532. The van der Waals surface area contributed by atoms with Crippen LogP contribution < -0.4 is 4.74 Å². The molecule has 0 saturated carbocycles. The molecule has 2 nitrogen and oxygen atoms in total. The molecule has 0 N–H and O–H groups in total. The number of hydrogen-bond donors (Lipinski definition) is 0. The van der Waals surface area contributed by atoms with E-state index >= 15 is 0 Å². The van der Waals surface area contributed by atoms with Crippen molar-refractivity contribution < 1.29 is 9.53 Å². The summed E-state index contributed by atoms with van der Waals surface area (Å²) < 4.78 is 5.89. The quantitative estimate of drug-likeness (QED) is 0.702. The number of aryl methyl sites for hydroxylation is 1. The van der Waals surface area contributed by atoms with Crippen LogP contribution in [0.3, 0.4) is 0 Å². The average molecular weight is 254 g/mol. The second kappa shape index (κ2) is 6.74. The number of carbonyl (C=O) groups excluding carboxylic acids is 1. The molecule has 0 aromatic heterocycles. The highest BCUT2D eigenvalue weighted by atomic mass is 16.5. The fourth-order valence-electron chi connectivity index (χ4n) is 1.93. The van der Waals surface area contributed by atoms with Crippen LogP contribution in [0.15, 0.2) is 48.5 Å². The molecule has 19 heavy (non-hydrogen) atoms. The van der Waals surface area contributed by atoms with Gasteiger partial charge in [0, 0.05) is 5.56 Å². The zero-order valence-corrected chi connectivity index (χ0v) is 11.1. The molecular weight excluding hydrogens is 236 g/mol. The Morgan fingerprint density at radius 2 is 1.89 bits per heavy atom. The molecule has 2 rings (SSSR count). The third kappa shape index (κ3) is 3.68. The minimum Gasteiger partial charge on any atom is -0.457 e. The van der Waals surface area contributed by atoms with Gasteiger partial charge in [0.05, 0.1) is 0 Å². The van der Waals surface area contributed by atoms with Crippen LogP contribution in [0.2, 0.25) is 0 Å². The zero-order chi connectivity index (χ0) is 13.5. The van der Waals surface area contributed by atoms with Crippen molar-refractivity contribution in [2.45, 2.75) is 26.2 Å². The number of aldehydes is 1. The third-order valence-corrected chi connectivity index (χ3v) is 3.00. The monoisotopic (exact) mass is 254 g/mol. The normalized spacial score (nSPS) is 10.2. The zero-order valence-electron chi connectivity index (χ0n) is 11.1. The van der Waals surface area contributed by atoms with Gasteiger partial charge in [-0.15, -0.1) is 0 Å². The molecule has 0 aliphatic carbocycles. The third-order valence-electron chi connectivity index (χ3n) is 3.00. The summed E-state index contributed by atoms with van der Waals surface area (Å²) in [6.07, 6.45) is 4.07. The Labute approximate surface area is 114 Å². The minimum atomic E-state index is 0.645. The molecule has 0 bridgehead atoms. The first-order valence-corrected chi connectivity index (χ1v) is 6.64. The number of rotatable bonds is 6. The summed E-state index contributed by atoms with van der Waals surface area (Å²) in [4.78, 5) is 10.9. The summed E-state index contributed by atoms with van der Waals surface area (Å²) in [5.41, 5.74) is 1.79. The molecule has 0 aliphatic rings. The van der Waals surface area contributed by atoms with E-state index in [-0.39, 0.29) is 0 Å². The van der Waals surface area contributed by atoms with E-state index in [9.17, 15) is 4.79 Å². The van der Waals surface area contributed by atoms with Gasteiger partial charge >= 0.3 is 0 Å². The molecule has 98 valence electrons. The Balaban J connectivity index is 2.26. The summed E-state index contributed by atoms with van der Waals surface area (Å²) in [5, 5.41) is 0. The van der Waals surface area contributed by atoms with E-state index in [0.717, 1.165) is 42.6 Å². The highest BCUT2D eigenvalue weighted by Gasteiger charge is 2.06. The maximum atomic E-state index is 10.9. The summed E-state index contributed by atoms with van der Waals surface area (Å²) in [5.74, 6) is 1.58. The fourth-order valence-corrected chi connectivity index (χ4v) is 1.93. The highest BCUT2D eigenvalue weighted by Crippen LogP contribution is 2.27. The van der Waals surface area contributed by atoms with Gasteiger partial charge in [0.15, 0.2) is 0 Å². The summed E-state index contributed by atoms with van der Waals surface area (Å²) in [6, 6.07) is 15.3. The van der Waals surface area contributed by atoms with Crippen molar-refractivity contribution in [3.05, 3.63) is 59.7 Å². The molecule has 0 atom stereocenters. The largest absolute Gasteiger partial charge is 0.457 e. The number of para-hydroxylation sites is 1. The smallest absolute Gasteiger partial charge is 0.150 e. The fraction of sp³-hybridized carbons (Fsp3) is 0.235. The number of benzene rings is 2. The Kier molecular flexibility index (Phi) is 4.73. The summed E-state index contributed by atoms with van der Waals surface area (Å²) >= 11 is 0. The molecule has 0 aliphatic heterocycles. The van der Waals surface area contributed by atoms with E-state index < -0.39 is 0 Å². The minimum absolute atomic E-state index is 0.645. The van der Waals surface area contributed by atoms with Gasteiger partial charge in [-0.2, -0.15) is 0 Å². The van der Waals surface area contributed by atoms with Crippen LogP contribution in [0.5, 0.6) is 11.5 Å². The van der Waals surface area contributed by atoms with Crippen molar-refractivity contribution in [3.8, 4) is 11.5 Å². The van der Waals surface area contributed by atoms with Gasteiger partial charge in [-0.25, -0.2) is 0 Å². The van der Waals surface area contributed by atoms with Gasteiger partial charge in [-0.3, -0.25) is 4.79 Å². The highest BCUT2D eigenvalue weighted by molar-refractivity contribution is 5.76. The lowest BCUT2D eigenvalue weighted by Gasteiger charge is -2.11. The van der Waals surface area contributed by atoms with Crippen LogP contribution in [0.4, 0.5) is 0 Å². The van der Waals surface area contributed by atoms with Crippen LogP contribution in [0.1, 0.15) is 35.7 Å². The van der Waals surface area contributed by atoms with Gasteiger partial charge in [-0.1, -0.05) is 43.7 Å². The van der Waals surface area contributed by atoms with Crippen molar-refractivity contribution in [2.24, 2.45) is 0 Å².